The van der Waals surface area contributed by atoms with Crippen LogP contribution in [0.5, 0.6) is 0 Å². The van der Waals surface area contributed by atoms with Gasteiger partial charge in [-0.15, -0.1) is 0 Å². The van der Waals surface area contributed by atoms with Crippen LogP contribution in [0.25, 0.3) is 32.7 Å². The normalized spacial score (nSPS) is 18.9. The number of aromatic nitrogens is 1. The molecule has 2 heterocycles. The highest BCUT2D eigenvalue weighted by Crippen LogP contribution is 2.65. The molecule has 33 heavy (non-hydrogen) atoms. The van der Waals surface area contributed by atoms with Crippen LogP contribution >= 0.6 is 18.9 Å². The average molecular weight is 480 g/mol. The molecule has 0 bridgehead atoms. The van der Waals surface area contributed by atoms with Gasteiger partial charge in [-0.3, -0.25) is 9.36 Å². The Balaban J connectivity index is 1.30. The molecule has 1 atom stereocenters. The maximum Gasteiger partial charge on any atom is 0.391 e. The summed E-state index contributed by atoms with van der Waals surface area (Å²) in [5.74, 6) is 0.589. The predicted molar refractivity (Wildman–Crippen MR) is 127 cm³/mol. The second-order valence-electron chi connectivity index (χ2n) is 8.90. The van der Waals surface area contributed by atoms with E-state index in [9.17, 15) is 19.1 Å². The number of benzene rings is 2. The smallest absolute Gasteiger partial charge is 0.391 e. The first-order chi connectivity index (χ1) is 15.8. The summed E-state index contributed by atoms with van der Waals surface area (Å²) in [4.78, 5) is 36.0. The highest BCUT2D eigenvalue weighted by atomic mass is 32.1. The average Bonchev–Trinajstić information content (AvgIpc) is 3.11. The Hall–Kier alpha value is -2.77. The van der Waals surface area contributed by atoms with Gasteiger partial charge in [-0.1, -0.05) is 48.1 Å². The topological polar surface area (TPSA) is 113 Å². The SMILES string of the molecule is O=C(Nc1nc2cccc(-c3cccc(-c4ccc(P(=O)(O)O)o4)c3)c2s1)C1CC12CCC2. The largest absolute Gasteiger partial charge is 0.448 e. The number of thiazole rings is 1. The molecular formula is C24H21N2O5PS. The zero-order valence-corrected chi connectivity index (χ0v) is 19.2. The van der Waals surface area contributed by atoms with Gasteiger partial charge in [-0.25, -0.2) is 4.98 Å². The molecule has 2 saturated carbocycles. The Morgan fingerprint density at radius 3 is 2.61 bits per heavy atom. The number of nitrogens with one attached hydrogen (secondary N) is 1. The van der Waals surface area contributed by atoms with Gasteiger partial charge in [-0.2, -0.15) is 0 Å². The Kier molecular flexibility index (Phi) is 4.65. The van der Waals surface area contributed by atoms with Gasteiger partial charge in [0.05, 0.1) is 10.2 Å². The number of furan rings is 1. The maximum absolute atomic E-state index is 12.7. The summed E-state index contributed by atoms with van der Waals surface area (Å²) in [6.45, 7) is 0. The Bertz CT molecular complexity index is 1450. The second kappa shape index (κ2) is 7.37. The van der Waals surface area contributed by atoms with Crippen LogP contribution in [0.1, 0.15) is 25.7 Å². The Labute approximate surface area is 193 Å². The fourth-order valence-electron chi connectivity index (χ4n) is 4.80. The van der Waals surface area contributed by atoms with Gasteiger partial charge >= 0.3 is 7.60 Å². The van der Waals surface area contributed by atoms with Crippen LogP contribution in [0.3, 0.4) is 0 Å². The highest BCUT2D eigenvalue weighted by molar-refractivity contribution is 7.59. The van der Waals surface area contributed by atoms with Crippen molar-refractivity contribution in [3.8, 4) is 22.5 Å². The standard InChI is InChI=1S/C24H21N2O5PS/c27-22(17-13-24(17)10-3-11-24)26-23-25-18-7-2-6-16(21(18)33-23)14-4-1-5-15(12-14)19-8-9-20(31-19)32(28,29)30/h1-2,4-9,12,17H,3,10-11,13H2,(H,25,26,27)(H2,28,29,30). The number of carbonyl (C=O) groups is 1. The number of fused-ring (bicyclic) bond motifs is 1. The van der Waals surface area contributed by atoms with E-state index >= 15 is 0 Å². The van der Waals surface area contributed by atoms with Gasteiger partial charge < -0.3 is 19.5 Å². The van der Waals surface area contributed by atoms with Crippen LogP contribution in [0.15, 0.2) is 59.0 Å². The number of carbonyl (C=O) groups excluding carboxylic acids is 1. The van der Waals surface area contributed by atoms with Crippen molar-refractivity contribution in [1.29, 1.82) is 0 Å². The number of nitrogens with zero attached hydrogens (tertiary/aromatic N) is 1. The van der Waals surface area contributed by atoms with Gasteiger partial charge in [0.1, 0.15) is 5.76 Å². The molecule has 7 nitrogen and oxygen atoms in total. The minimum atomic E-state index is -4.45. The van der Waals surface area contributed by atoms with Crippen LogP contribution in [-0.2, 0) is 9.36 Å². The molecule has 9 heteroatoms. The number of anilines is 1. The highest BCUT2D eigenvalue weighted by Gasteiger charge is 2.60. The fraction of sp³-hybridized carbons (Fsp3) is 0.250. The molecular weight excluding hydrogens is 459 g/mol. The third-order valence-corrected chi connectivity index (χ3v) is 8.67. The molecule has 1 amide bonds. The van der Waals surface area contributed by atoms with E-state index < -0.39 is 7.60 Å². The van der Waals surface area contributed by atoms with Gasteiger partial charge in [0.15, 0.2) is 5.13 Å². The molecule has 2 aromatic carbocycles. The van der Waals surface area contributed by atoms with E-state index in [1.54, 1.807) is 6.07 Å². The number of hydrogen-bond donors (Lipinski definition) is 3. The Morgan fingerprint density at radius 1 is 1.12 bits per heavy atom. The third kappa shape index (κ3) is 3.63. The van der Waals surface area contributed by atoms with Gasteiger partial charge in [0, 0.05) is 17.0 Å². The molecule has 1 spiro atoms. The summed E-state index contributed by atoms with van der Waals surface area (Å²) in [6, 6.07) is 16.3. The van der Waals surface area contributed by atoms with E-state index in [1.165, 1.54) is 23.8 Å². The van der Waals surface area contributed by atoms with Crippen LogP contribution < -0.4 is 10.8 Å². The van der Waals surface area contributed by atoms with Gasteiger partial charge in [0.25, 0.3) is 0 Å². The lowest BCUT2D eigenvalue weighted by Crippen LogP contribution is -2.23. The van der Waals surface area contributed by atoms with E-state index in [1.807, 2.05) is 42.5 Å². The van der Waals surface area contributed by atoms with Crippen molar-refractivity contribution < 1.29 is 23.6 Å². The number of hydrogen-bond acceptors (Lipinski definition) is 5. The van der Waals surface area contributed by atoms with Crippen molar-refractivity contribution in [1.82, 2.24) is 4.98 Å². The minimum Gasteiger partial charge on any atom is -0.448 e. The lowest BCUT2D eigenvalue weighted by molar-refractivity contribution is -0.118. The zero-order chi connectivity index (χ0) is 22.8. The van der Waals surface area contributed by atoms with E-state index in [-0.39, 0.29) is 22.7 Å². The summed E-state index contributed by atoms with van der Waals surface area (Å²) < 4.78 is 17.8. The van der Waals surface area contributed by atoms with Crippen LogP contribution in [0, 0.1) is 11.3 Å². The summed E-state index contributed by atoms with van der Waals surface area (Å²) in [5.41, 5.74) is 3.33. The van der Waals surface area contributed by atoms with Crippen molar-refractivity contribution in [3.05, 3.63) is 54.6 Å². The number of amides is 1. The molecule has 6 rings (SSSR count). The summed E-state index contributed by atoms with van der Waals surface area (Å²) >= 11 is 1.46. The second-order valence-corrected chi connectivity index (χ2v) is 11.4. The van der Waals surface area contributed by atoms with E-state index in [0.717, 1.165) is 40.6 Å². The third-order valence-electron chi connectivity index (χ3n) is 6.84. The summed E-state index contributed by atoms with van der Waals surface area (Å²) in [5, 5.41) is 3.64. The molecule has 168 valence electrons. The molecule has 2 fully saturated rings. The predicted octanol–water partition coefficient (Wildman–Crippen LogP) is 5.16. The lowest BCUT2D eigenvalue weighted by atomic mass is 9.80. The summed E-state index contributed by atoms with van der Waals surface area (Å²) in [6.07, 6.45) is 4.55. The van der Waals surface area contributed by atoms with Gasteiger partial charge in [0.2, 0.25) is 11.4 Å². The molecule has 2 aliphatic carbocycles. The first-order valence-electron chi connectivity index (χ1n) is 10.8. The summed E-state index contributed by atoms with van der Waals surface area (Å²) in [7, 11) is -4.45. The molecule has 4 aromatic rings. The molecule has 0 radical (unpaired) electrons. The zero-order valence-electron chi connectivity index (χ0n) is 17.5. The molecule has 2 aliphatic rings. The van der Waals surface area contributed by atoms with Crippen molar-refractivity contribution in [2.45, 2.75) is 25.7 Å². The van der Waals surface area contributed by atoms with Crippen LogP contribution in [-0.4, -0.2) is 20.7 Å². The first-order valence-corrected chi connectivity index (χ1v) is 13.2. The van der Waals surface area contributed by atoms with Crippen LogP contribution in [0.4, 0.5) is 5.13 Å². The fourth-order valence-corrected chi connectivity index (χ4v) is 6.29. The van der Waals surface area contributed by atoms with E-state index in [2.05, 4.69) is 10.3 Å². The van der Waals surface area contributed by atoms with Crippen LogP contribution in [0.2, 0.25) is 0 Å². The Morgan fingerprint density at radius 2 is 1.91 bits per heavy atom. The van der Waals surface area contributed by atoms with Crippen molar-refractivity contribution >= 4 is 45.7 Å². The van der Waals surface area contributed by atoms with Crippen molar-refractivity contribution in [3.63, 3.8) is 0 Å². The molecule has 2 aromatic heterocycles. The monoisotopic (exact) mass is 480 g/mol. The number of rotatable bonds is 5. The first kappa shape index (κ1) is 20.8. The van der Waals surface area contributed by atoms with Crippen molar-refractivity contribution in [2.24, 2.45) is 11.3 Å². The van der Waals surface area contributed by atoms with E-state index in [0.29, 0.717) is 16.5 Å². The van der Waals surface area contributed by atoms with Gasteiger partial charge in [-0.05, 0) is 54.5 Å². The quantitative estimate of drug-likeness (QED) is 0.340. The van der Waals surface area contributed by atoms with Crippen molar-refractivity contribution in [2.75, 3.05) is 5.32 Å². The minimum absolute atomic E-state index is 0.0796. The molecule has 1 unspecified atom stereocenters. The molecule has 0 saturated heterocycles. The molecule has 0 aliphatic heterocycles. The van der Waals surface area contributed by atoms with E-state index in [4.69, 9.17) is 4.42 Å². The maximum atomic E-state index is 12.7. The molecule has 3 N–H and O–H groups in total. The lowest BCUT2D eigenvalue weighted by Gasteiger charge is -2.26.